The SMILES string of the molecule is CCS(=O)(=O)c1ccc(N(C)CCNC)cc1. The molecule has 0 saturated heterocycles. The van der Waals surface area contributed by atoms with Gasteiger partial charge in [0.2, 0.25) is 0 Å². The van der Waals surface area contributed by atoms with Crippen LogP contribution in [0.5, 0.6) is 0 Å². The van der Waals surface area contributed by atoms with Gasteiger partial charge in [0.05, 0.1) is 10.6 Å². The molecule has 1 rings (SSSR count). The Morgan fingerprint density at radius 3 is 2.29 bits per heavy atom. The van der Waals surface area contributed by atoms with Gasteiger partial charge in [0.1, 0.15) is 0 Å². The molecule has 96 valence electrons. The average molecular weight is 256 g/mol. The van der Waals surface area contributed by atoms with Crippen molar-refractivity contribution < 1.29 is 8.42 Å². The Morgan fingerprint density at radius 1 is 1.24 bits per heavy atom. The first-order valence-corrected chi connectivity index (χ1v) is 7.35. The maximum Gasteiger partial charge on any atom is 0.178 e. The minimum atomic E-state index is -3.09. The van der Waals surface area contributed by atoms with E-state index in [2.05, 4.69) is 10.2 Å². The number of sulfone groups is 1. The van der Waals surface area contributed by atoms with Gasteiger partial charge in [-0.1, -0.05) is 6.92 Å². The van der Waals surface area contributed by atoms with Crippen LogP contribution in [0.4, 0.5) is 5.69 Å². The first-order chi connectivity index (χ1) is 8.01. The lowest BCUT2D eigenvalue weighted by Gasteiger charge is -2.19. The second-order valence-corrected chi connectivity index (χ2v) is 6.20. The van der Waals surface area contributed by atoms with Crippen molar-refractivity contribution in [1.82, 2.24) is 5.32 Å². The van der Waals surface area contributed by atoms with E-state index in [0.29, 0.717) is 4.90 Å². The molecule has 0 aliphatic rings. The molecule has 17 heavy (non-hydrogen) atoms. The number of rotatable bonds is 6. The first-order valence-electron chi connectivity index (χ1n) is 5.70. The van der Waals surface area contributed by atoms with Crippen LogP contribution in [0, 0.1) is 0 Å². The Hall–Kier alpha value is -1.07. The number of hydrogen-bond donors (Lipinski definition) is 1. The Kier molecular flexibility index (Phi) is 4.96. The molecule has 0 aromatic heterocycles. The van der Waals surface area contributed by atoms with Crippen molar-refractivity contribution in [1.29, 1.82) is 0 Å². The minimum absolute atomic E-state index is 0.141. The van der Waals surface area contributed by atoms with Gasteiger partial charge in [-0.25, -0.2) is 8.42 Å². The van der Waals surface area contributed by atoms with E-state index < -0.39 is 9.84 Å². The molecule has 0 unspecified atom stereocenters. The summed E-state index contributed by atoms with van der Waals surface area (Å²) in [6.07, 6.45) is 0. The smallest absolute Gasteiger partial charge is 0.178 e. The van der Waals surface area contributed by atoms with Crippen molar-refractivity contribution in [3.8, 4) is 0 Å². The van der Waals surface area contributed by atoms with Crippen LogP contribution in [-0.2, 0) is 9.84 Å². The van der Waals surface area contributed by atoms with Crippen molar-refractivity contribution in [3.63, 3.8) is 0 Å². The summed E-state index contributed by atoms with van der Waals surface area (Å²) < 4.78 is 23.3. The van der Waals surface area contributed by atoms with Crippen LogP contribution in [0.1, 0.15) is 6.92 Å². The number of hydrogen-bond acceptors (Lipinski definition) is 4. The molecule has 1 N–H and O–H groups in total. The summed E-state index contributed by atoms with van der Waals surface area (Å²) >= 11 is 0. The van der Waals surface area contributed by atoms with E-state index in [1.54, 1.807) is 19.1 Å². The van der Waals surface area contributed by atoms with E-state index in [9.17, 15) is 8.42 Å². The maximum atomic E-state index is 11.6. The summed E-state index contributed by atoms with van der Waals surface area (Å²) in [5.41, 5.74) is 1.02. The lowest BCUT2D eigenvalue weighted by Crippen LogP contribution is -2.26. The second kappa shape index (κ2) is 6.02. The fraction of sp³-hybridized carbons (Fsp3) is 0.500. The molecular weight excluding hydrogens is 236 g/mol. The standard InChI is InChI=1S/C12H20N2O2S/c1-4-17(15,16)12-7-5-11(6-8-12)14(3)10-9-13-2/h5-8,13H,4,9-10H2,1-3H3. The van der Waals surface area contributed by atoms with Crippen molar-refractivity contribution in [2.45, 2.75) is 11.8 Å². The molecule has 0 spiro atoms. The van der Waals surface area contributed by atoms with Gasteiger partial charge >= 0.3 is 0 Å². The van der Waals surface area contributed by atoms with Gasteiger partial charge in [-0.2, -0.15) is 0 Å². The van der Waals surface area contributed by atoms with Crippen LogP contribution in [0.15, 0.2) is 29.2 Å². The zero-order valence-corrected chi connectivity index (χ0v) is 11.4. The van der Waals surface area contributed by atoms with Crippen LogP contribution in [0.2, 0.25) is 0 Å². The van der Waals surface area contributed by atoms with Gasteiger partial charge in [0, 0.05) is 25.8 Å². The third-order valence-electron chi connectivity index (χ3n) is 2.71. The zero-order valence-electron chi connectivity index (χ0n) is 10.6. The topological polar surface area (TPSA) is 49.4 Å². The Bertz CT molecular complexity index is 440. The summed E-state index contributed by atoms with van der Waals surface area (Å²) in [6.45, 7) is 3.43. The highest BCUT2D eigenvalue weighted by Gasteiger charge is 2.11. The van der Waals surface area contributed by atoms with Crippen molar-refractivity contribution >= 4 is 15.5 Å². The molecular formula is C12H20N2O2S. The fourth-order valence-electron chi connectivity index (χ4n) is 1.48. The molecule has 1 aromatic rings. The number of likely N-dealkylation sites (N-methyl/N-ethyl adjacent to an activating group) is 2. The molecule has 0 atom stereocenters. The fourth-order valence-corrected chi connectivity index (χ4v) is 2.37. The summed E-state index contributed by atoms with van der Waals surface area (Å²) in [6, 6.07) is 7.03. The highest BCUT2D eigenvalue weighted by molar-refractivity contribution is 7.91. The summed E-state index contributed by atoms with van der Waals surface area (Å²) in [7, 11) is 0.806. The van der Waals surface area contributed by atoms with Crippen molar-refractivity contribution in [2.75, 3.05) is 37.8 Å². The summed E-state index contributed by atoms with van der Waals surface area (Å²) in [4.78, 5) is 2.48. The van der Waals surface area contributed by atoms with Gasteiger partial charge in [0.25, 0.3) is 0 Å². The van der Waals surface area contributed by atoms with Crippen LogP contribution in [0.3, 0.4) is 0 Å². The highest BCUT2D eigenvalue weighted by Crippen LogP contribution is 2.17. The molecule has 0 heterocycles. The molecule has 0 bridgehead atoms. The molecule has 0 saturated carbocycles. The van der Waals surface area contributed by atoms with Gasteiger partial charge in [-0.3, -0.25) is 0 Å². The predicted octanol–water partition coefficient (Wildman–Crippen LogP) is 1.14. The minimum Gasteiger partial charge on any atom is -0.373 e. The molecule has 4 nitrogen and oxygen atoms in total. The molecule has 0 amide bonds. The number of benzene rings is 1. The Balaban J connectivity index is 2.81. The quantitative estimate of drug-likeness (QED) is 0.829. The van der Waals surface area contributed by atoms with Crippen LogP contribution < -0.4 is 10.2 Å². The lowest BCUT2D eigenvalue weighted by atomic mass is 10.3. The molecule has 0 aliphatic heterocycles. The third-order valence-corrected chi connectivity index (χ3v) is 4.46. The van der Waals surface area contributed by atoms with Crippen molar-refractivity contribution in [3.05, 3.63) is 24.3 Å². The van der Waals surface area contributed by atoms with Crippen LogP contribution in [0.25, 0.3) is 0 Å². The molecule has 0 fully saturated rings. The van der Waals surface area contributed by atoms with E-state index in [4.69, 9.17) is 0 Å². The largest absolute Gasteiger partial charge is 0.373 e. The Morgan fingerprint density at radius 2 is 1.82 bits per heavy atom. The van der Waals surface area contributed by atoms with Gasteiger partial charge in [-0.05, 0) is 31.3 Å². The highest BCUT2D eigenvalue weighted by atomic mass is 32.2. The van der Waals surface area contributed by atoms with Crippen LogP contribution >= 0.6 is 0 Å². The summed E-state index contributed by atoms with van der Waals surface area (Å²) in [5.74, 6) is 0.141. The van der Waals surface area contributed by atoms with E-state index in [-0.39, 0.29) is 5.75 Å². The van der Waals surface area contributed by atoms with E-state index in [1.165, 1.54) is 0 Å². The van der Waals surface area contributed by atoms with Gasteiger partial charge < -0.3 is 10.2 Å². The monoisotopic (exact) mass is 256 g/mol. The maximum absolute atomic E-state index is 11.6. The summed E-state index contributed by atoms with van der Waals surface area (Å²) in [5, 5.41) is 3.08. The molecule has 0 aliphatic carbocycles. The molecule has 5 heteroatoms. The van der Waals surface area contributed by atoms with E-state index >= 15 is 0 Å². The number of nitrogens with zero attached hydrogens (tertiary/aromatic N) is 1. The Labute approximate surface area is 104 Å². The molecule has 1 aromatic carbocycles. The van der Waals surface area contributed by atoms with E-state index in [1.807, 2.05) is 26.2 Å². The zero-order chi connectivity index (χ0) is 12.9. The third kappa shape index (κ3) is 3.71. The predicted molar refractivity (Wildman–Crippen MR) is 71.4 cm³/mol. The number of anilines is 1. The molecule has 0 radical (unpaired) electrons. The first kappa shape index (κ1) is 14.0. The number of nitrogens with one attached hydrogen (secondary N) is 1. The average Bonchev–Trinajstić information content (AvgIpc) is 2.36. The van der Waals surface area contributed by atoms with Crippen molar-refractivity contribution in [2.24, 2.45) is 0 Å². The van der Waals surface area contributed by atoms with Crippen LogP contribution in [-0.4, -0.2) is 41.4 Å². The second-order valence-electron chi connectivity index (χ2n) is 3.92. The van der Waals surface area contributed by atoms with Gasteiger partial charge in [-0.15, -0.1) is 0 Å². The van der Waals surface area contributed by atoms with Gasteiger partial charge in [0.15, 0.2) is 9.84 Å². The lowest BCUT2D eigenvalue weighted by molar-refractivity contribution is 0.597. The van der Waals surface area contributed by atoms with E-state index in [0.717, 1.165) is 18.8 Å². The normalized spacial score (nSPS) is 11.5.